The van der Waals surface area contributed by atoms with Crippen LogP contribution in [0.4, 0.5) is 17.1 Å². The molecule has 3 N–H and O–H groups in total. The number of unbranched alkanes of at least 4 members (excludes halogenated alkanes) is 2. The quantitative estimate of drug-likeness (QED) is 0.103. The van der Waals surface area contributed by atoms with Crippen molar-refractivity contribution < 1.29 is 19.1 Å². The molecule has 7 nitrogen and oxygen atoms in total. The number of carbonyl (C=O) groups is 2. The third-order valence-corrected chi connectivity index (χ3v) is 8.94. The molecule has 244 valence electrons. The number of nitrogens with two attached hydrogens (primary N) is 1. The fourth-order valence-electron chi connectivity index (χ4n) is 5.22. The van der Waals surface area contributed by atoms with E-state index in [0.29, 0.717) is 40.6 Å². The number of benzene rings is 3. The number of rotatable bonds is 13. The number of esters is 2. The molecule has 1 fully saturated rings. The Kier molecular flexibility index (Phi) is 16.0. The second-order valence-electron chi connectivity index (χ2n) is 11.0. The lowest BCUT2D eigenvalue weighted by Gasteiger charge is -2.34. The topological polar surface area (TPSA) is 93.9 Å². The summed E-state index contributed by atoms with van der Waals surface area (Å²) < 4.78 is 11.1. The maximum absolute atomic E-state index is 12.5. The van der Waals surface area contributed by atoms with Gasteiger partial charge in [0.05, 0.1) is 40.2 Å². The van der Waals surface area contributed by atoms with E-state index in [1.807, 2.05) is 42.5 Å². The second-order valence-corrected chi connectivity index (χ2v) is 12.7. The molecule has 0 amide bonds. The van der Waals surface area contributed by atoms with Gasteiger partial charge in [-0.2, -0.15) is 0 Å². The maximum Gasteiger partial charge on any atom is 0.338 e. The molecular weight excluding hydrogens is 677 g/mol. The molecule has 0 aliphatic heterocycles. The number of halogens is 3. The summed E-state index contributed by atoms with van der Waals surface area (Å²) in [6.07, 6.45) is 8.70. The average molecular weight is 722 g/mol. The molecule has 45 heavy (non-hydrogen) atoms. The molecule has 4 rings (SSSR count). The molecule has 1 aliphatic carbocycles. The van der Waals surface area contributed by atoms with Crippen LogP contribution in [0.2, 0.25) is 10.0 Å². The molecule has 0 heterocycles. The monoisotopic (exact) mass is 719 g/mol. The molecule has 3 aromatic rings. The van der Waals surface area contributed by atoms with Gasteiger partial charge in [-0.05, 0) is 96.5 Å². The summed E-state index contributed by atoms with van der Waals surface area (Å²) >= 11 is 15.6. The van der Waals surface area contributed by atoms with Crippen LogP contribution < -0.4 is 11.1 Å². The third-order valence-electron chi connectivity index (χ3n) is 7.65. The van der Waals surface area contributed by atoms with Crippen LogP contribution in [-0.2, 0) is 20.8 Å². The van der Waals surface area contributed by atoms with E-state index >= 15 is 0 Å². The van der Waals surface area contributed by atoms with Crippen LogP contribution >= 0.6 is 39.1 Å². The first-order valence-electron chi connectivity index (χ1n) is 15.6. The zero-order chi connectivity index (χ0) is 32.6. The van der Waals surface area contributed by atoms with Crippen LogP contribution in [0, 0.1) is 0 Å². The second kappa shape index (κ2) is 19.7. The minimum atomic E-state index is -0.336. The van der Waals surface area contributed by atoms with Crippen LogP contribution in [0.3, 0.4) is 0 Å². The SMILES string of the molecule is CCN(Cc1cc(C(=O)OCCCCCOC(C)=O)cc(Br)c1N)C1CCCCC1.Clc1cccc(Cl)c1Nc1ccccc1. The van der Waals surface area contributed by atoms with E-state index in [2.05, 4.69) is 33.1 Å². The van der Waals surface area contributed by atoms with Gasteiger partial charge in [-0.25, -0.2) is 4.79 Å². The first-order valence-corrected chi connectivity index (χ1v) is 17.1. The van der Waals surface area contributed by atoms with E-state index in [1.54, 1.807) is 18.2 Å². The van der Waals surface area contributed by atoms with Gasteiger partial charge in [-0.15, -0.1) is 0 Å². The molecule has 3 aromatic carbocycles. The van der Waals surface area contributed by atoms with E-state index in [9.17, 15) is 9.59 Å². The van der Waals surface area contributed by atoms with Gasteiger partial charge in [-0.3, -0.25) is 9.69 Å². The van der Waals surface area contributed by atoms with Crippen LogP contribution in [0.25, 0.3) is 0 Å². The number of ether oxygens (including phenoxy) is 2. The van der Waals surface area contributed by atoms with Gasteiger partial charge in [0, 0.05) is 29.7 Å². The summed E-state index contributed by atoms with van der Waals surface area (Å²) in [5.74, 6) is -0.603. The molecule has 0 bridgehead atoms. The summed E-state index contributed by atoms with van der Waals surface area (Å²) in [6.45, 7) is 6.04. The lowest BCUT2D eigenvalue weighted by Crippen LogP contribution is -2.36. The number of hydrogen-bond donors (Lipinski definition) is 2. The van der Waals surface area contributed by atoms with E-state index in [1.165, 1.54) is 39.0 Å². The summed E-state index contributed by atoms with van der Waals surface area (Å²) in [6, 6.07) is 19.4. The molecule has 1 saturated carbocycles. The highest BCUT2D eigenvalue weighted by Gasteiger charge is 2.22. The summed E-state index contributed by atoms with van der Waals surface area (Å²) in [5, 5.41) is 4.41. The van der Waals surface area contributed by atoms with Gasteiger partial charge in [-0.1, -0.05) is 73.7 Å². The predicted octanol–water partition coefficient (Wildman–Crippen LogP) is 9.81. The lowest BCUT2D eigenvalue weighted by atomic mass is 9.93. The molecule has 0 aromatic heterocycles. The Bertz CT molecular complexity index is 1350. The maximum atomic E-state index is 12.5. The van der Waals surface area contributed by atoms with E-state index in [4.69, 9.17) is 38.4 Å². The van der Waals surface area contributed by atoms with Crippen molar-refractivity contribution in [1.29, 1.82) is 0 Å². The van der Waals surface area contributed by atoms with E-state index < -0.39 is 0 Å². The van der Waals surface area contributed by atoms with Gasteiger partial charge in [0.25, 0.3) is 0 Å². The van der Waals surface area contributed by atoms with Gasteiger partial charge < -0.3 is 20.5 Å². The highest BCUT2D eigenvalue weighted by Crippen LogP contribution is 2.32. The van der Waals surface area contributed by atoms with Crippen molar-refractivity contribution in [3.8, 4) is 0 Å². The molecular formula is C35H44BrCl2N3O4. The first-order chi connectivity index (χ1) is 21.7. The smallest absolute Gasteiger partial charge is 0.338 e. The normalized spacial score (nSPS) is 13.1. The predicted molar refractivity (Wildman–Crippen MR) is 188 cm³/mol. The summed E-state index contributed by atoms with van der Waals surface area (Å²) in [4.78, 5) is 25.7. The van der Waals surface area contributed by atoms with Crippen LogP contribution in [0.1, 0.15) is 81.1 Å². The zero-order valence-electron chi connectivity index (χ0n) is 26.1. The molecule has 0 spiro atoms. The Labute approximate surface area is 285 Å². The van der Waals surface area contributed by atoms with Gasteiger partial charge in [0.2, 0.25) is 0 Å². The zero-order valence-corrected chi connectivity index (χ0v) is 29.2. The summed E-state index contributed by atoms with van der Waals surface area (Å²) in [5.41, 5.74) is 10.2. The number of nitrogens with zero attached hydrogens (tertiary/aromatic N) is 1. The van der Waals surface area contributed by atoms with Crippen molar-refractivity contribution in [2.45, 2.75) is 77.8 Å². The highest BCUT2D eigenvalue weighted by molar-refractivity contribution is 9.10. The Morgan fingerprint density at radius 2 is 1.58 bits per heavy atom. The minimum absolute atomic E-state index is 0.267. The number of anilines is 3. The Morgan fingerprint density at radius 1 is 0.933 bits per heavy atom. The number of nitrogens with one attached hydrogen (secondary N) is 1. The van der Waals surface area contributed by atoms with Crippen molar-refractivity contribution in [3.63, 3.8) is 0 Å². The van der Waals surface area contributed by atoms with Crippen LogP contribution in [0.15, 0.2) is 65.1 Å². The van der Waals surface area contributed by atoms with Crippen molar-refractivity contribution in [2.24, 2.45) is 0 Å². The van der Waals surface area contributed by atoms with Crippen molar-refractivity contribution in [3.05, 3.63) is 86.3 Å². The van der Waals surface area contributed by atoms with Crippen molar-refractivity contribution in [2.75, 3.05) is 30.8 Å². The average Bonchev–Trinajstić information content (AvgIpc) is 3.04. The molecule has 0 saturated heterocycles. The van der Waals surface area contributed by atoms with Gasteiger partial charge in [0.1, 0.15) is 0 Å². The molecule has 10 heteroatoms. The molecule has 0 atom stereocenters. The molecule has 0 unspecified atom stereocenters. The van der Waals surface area contributed by atoms with Gasteiger partial charge in [0.15, 0.2) is 0 Å². The van der Waals surface area contributed by atoms with E-state index in [-0.39, 0.29) is 11.9 Å². The highest BCUT2D eigenvalue weighted by atomic mass is 79.9. The Morgan fingerprint density at radius 3 is 2.20 bits per heavy atom. The number of para-hydroxylation sites is 2. The van der Waals surface area contributed by atoms with Crippen molar-refractivity contribution >= 4 is 68.1 Å². The summed E-state index contributed by atoms with van der Waals surface area (Å²) in [7, 11) is 0. The molecule has 1 aliphatic rings. The van der Waals surface area contributed by atoms with Crippen molar-refractivity contribution in [1.82, 2.24) is 4.90 Å². The minimum Gasteiger partial charge on any atom is -0.466 e. The lowest BCUT2D eigenvalue weighted by molar-refractivity contribution is -0.141. The van der Waals surface area contributed by atoms with Gasteiger partial charge >= 0.3 is 11.9 Å². The standard InChI is InChI=1S/C23H35BrN2O4.C12H9Cl2N/c1-3-26(20-10-6-4-7-11-20)16-19-14-18(15-21(24)22(19)25)23(28)30-13-9-5-8-12-29-17(2)27;13-10-7-4-8-11(14)12(10)15-9-5-2-1-3-6-9/h14-15,20H,3-13,16,25H2,1-2H3;1-8,15H. The van der Waals surface area contributed by atoms with E-state index in [0.717, 1.165) is 53.8 Å². The molecule has 0 radical (unpaired) electrons. The number of hydrogen-bond acceptors (Lipinski definition) is 7. The fraction of sp³-hybridized carbons (Fsp3) is 0.429. The number of carbonyl (C=O) groups excluding carboxylic acids is 2. The number of nitrogen functional groups attached to an aromatic ring is 1. The first kappa shape index (κ1) is 36.7. The fourth-order valence-corrected chi connectivity index (χ4v) is 6.21. The Balaban J connectivity index is 0.000000305. The third kappa shape index (κ3) is 12.5. The Hall–Kier alpha value is -2.78. The largest absolute Gasteiger partial charge is 0.466 e. The van der Waals surface area contributed by atoms with Crippen LogP contribution in [-0.4, -0.2) is 42.6 Å². The van der Waals surface area contributed by atoms with Crippen LogP contribution in [0.5, 0.6) is 0 Å².